The molecule has 0 unspecified atom stereocenters. The van der Waals surface area contributed by atoms with E-state index >= 15 is 0 Å². The Morgan fingerprint density at radius 1 is 1.43 bits per heavy atom. The zero-order chi connectivity index (χ0) is 15.8. The summed E-state index contributed by atoms with van der Waals surface area (Å²) in [5.41, 5.74) is 7.41. The van der Waals surface area contributed by atoms with Crippen LogP contribution in [-0.2, 0) is 13.0 Å². The molecule has 0 aliphatic heterocycles. The van der Waals surface area contributed by atoms with E-state index < -0.39 is 0 Å². The second-order valence-corrected chi connectivity index (χ2v) is 9.81. The SMILES string of the molecule is N[C@H](Cc1sc2c(NCc3cccs3)snc2c1Br)CC1CC1. The average Bonchev–Trinajstić information content (AvgIpc) is 2.95. The van der Waals surface area contributed by atoms with E-state index in [0.717, 1.165) is 35.3 Å². The van der Waals surface area contributed by atoms with Gasteiger partial charge in [0.2, 0.25) is 0 Å². The van der Waals surface area contributed by atoms with Gasteiger partial charge in [0.05, 0.1) is 15.7 Å². The molecule has 1 aliphatic carbocycles. The Labute approximate surface area is 156 Å². The number of anilines is 1. The largest absolute Gasteiger partial charge is 0.370 e. The third-order valence-corrected chi connectivity index (χ3v) is 8.26. The van der Waals surface area contributed by atoms with Crippen LogP contribution in [0.3, 0.4) is 0 Å². The van der Waals surface area contributed by atoms with Crippen LogP contribution < -0.4 is 11.1 Å². The zero-order valence-electron chi connectivity index (χ0n) is 12.5. The maximum absolute atomic E-state index is 6.32. The van der Waals surface area contributed by atoms with Crippen LogP contribution in [0.1, 0.15) is 29.0 Å². The molecule has 1 fully saturated rings. The smallest absolute Gasteiger partial charge is 0.127 e. The molecule has 3 nitrogen and oxygen atoms in total. The molecule has 0 bridgehead atoms. The number of nitrogens with one attached hydrogen (secondary N) is 1. The number of nitrogens with two attached hydrogens (primary N) is 1. The molecule has 3 aromatic rings. The van der Waals surface area contributed by atoms with Gasteiger partial charge in [0.15, 0.2) is 0 Å². The van der Waals surface area contributed by atoms with Gasteiger partial charge in [-0.05, 0) is 57.7 Å². The molecule has 0 spiro atoms. The molecule has 4 rings (SSSR count). The van der Waals surface area contributed by atoms with Crippen molar-refractivity contribution in [1.82, 2.24) is 4.37 Å². The first-order valence-corrected chi connectivity index (χ1v) is 11.1. The van der Waals surface area contributed by atoms with Crippen LogP contribution in [0.2, 0.25) is 0 Å². The van der Waals surface area contributed by atoms with Gasteiger partial charge < -0.3 is 11.1 Å². The Bertz CT molecular complexity index is 789. The Morgan fingerprint density at radius 3 is 3.04 bits per heavy atom. The van der Waals surface area contributed by atoms with Gasteiger partial charge in [-0.3, -0.25) is 0 Å². The molecule has 23 heavy (non-hydrogen) atoms. The van der Waals surface area contributed by atoms with E-state index in [4.69, 9.17) is 5.73 Å². The van der Waals surface area contributed by atoms with Gasteiger partial charge in [0.1, 0.15) is 10.5 Å². The van der Waals surface area contributed by atoms with E-state index in [1.807, 2.05) is 11.3 Å². The van der Waals surface area contributed by atoms with E-state index in [0.29, 0.717) is 0 Å². The fourth-order valence-electron chi connectivity index (χ4n) is 2.74. The highest BCUT2D eigenvalue weighted by molar-refractivity contribution is 9.10. The molecule has 1 atom stereocenters. The Morgan fingerprint density at radius 2 is 2.30 bits per heavy atom. The van der Waals surface area contributed by atoms with Crippen molar-refractivity contribution in [3.8, 4) is 0 Å². The summed E-state index contributed by atoms with van der Waals surface area (Å²) >= 11 is 8.90. The predicted octanol–water partition coefficient (Wildman–Crippen LogP) is 5.46. The van der Waals surface area contributed by atoms with Gasteiger partial charge in [-0.25, -0.2) is 0 Å². The Balaban J connectivity index is 1.50. The zero-order valence-corrected chi connectivity index (χ0v) is 16.6. The van der Waals surface area contributed by atoms with Crippen LogP contribution in [0.5, 0.6) is 0 Å². The third-order valence-electron chi connectivity index (χ3n) is 4.11. The molecule has 3 heterocycles. The van der Waals surface area contributed by atoms with E-state index in [1.54, 1.807) is 22.9 Å². The van der Waals surface area contributed by atoms with Gasteiger partial charge in [0.25, 0.3) is 0 Å². The van der Waals surface area contributed by atoms with Crippen molar-refractivity contribution in [1.29, 1.82) is 0 Å². The molecular formula is C16H18BrN3S3. The molecule has 3 aromatic heterocycles. The summed E-state index contributed by atoms with van der Waals surface area (Å²) in [7, 11) is 0. The molecule has 122 valence electrons. The second-order valence-electron chi connectivity index (χ2n) is 6.10. The van der Waals surface area contributed by atoms with Crippen molar-refractivity contribution in [3.05, 3.63) is 31.7 Å². The van der Waals surface area contributed by atoms with Crippen LogP contribution in [-0.4, -0.2) is 10.4 Å². The first kappa shape index (κ1) is 16.0. The molecule has 0 amide bonds. The summed E-state index contributed by atoms with van der Waals surface area (Å²) < 4.78 is 7.02. The number of aromatic nitrogens is 1. The summed E-state index contributed by atoms with van der Waals surface area (Å²) in [5.74, 6) is 0.880. The van der Waals surface area contributed by atoms with Crippen LogP contribution in [0.4, 0.5) is 5.00 Å². The third kappa shape index (κ3) is 3.64. The van der Waals surface area contributed by atoms with Crippen molar-refractivity contribution in [2.75, 3.05) is 5.32 Å². The van der Waals surface area contributed by atoms with Crippen molar-refractivity contribution >= 4 is 65.4 Å². The fourth-order valence-corrected chi connectivity index (χ4v) is 6.44. The van der Waals surface area contributed by atoms with E-state index in [2.05, 4.69) is 43.1 Å². The molecule has 1 saturated carbocycles. The average molecular weight is 428 g/mol. The Hall–Kier alpha value is -0.470. The molecule has 0 saturated heterocycles. The van der Waals surface area contributed by atoms with Gasteiger partial charge >= 0.3 is 0 Å². The number of fused-ring (bicyclic) bond motifs is 1. The monoisotopic (exact) mass is 427 g/mol. The van der Waals surface area contributed by atoms with Gasteiger partial charge in [-0.2, -0.15) is 4.37 Å². The lowest BCUT2D eigenvalue weighted by Gasteiger charge is -2.09. The standard InChI is InChI=1S/C16H18BrN3S3/c17-13-12(7-10(18)6-9-3-4-9)22-15-14(13)20-23-16(15)19-8-11-2-1-5-21-11/h1-2,5,9-10,19H,3-4,6-8,18H2/t10-/m0/s1. The van der Waals surface area contributed by atoms with Crippen molar-refractivity contribution in [3.63, 3.8) is 0 Å². The topological polar surface area (TPSA) is 50.9 Å². The van der Waals surface area contributed by atoms with Crippen LogP contribution in [0, 0.1) is 5.92 Å². The van der Waals surface area contributed by atoms with E-state index in [-0.39, 0.29) is 6.04 Å². The molecular weight excluding hydrogens is 410 g/mol. The lowest BCUT2D eigenvalue weighted by molar-refractivity contribution is 0.569. The quantitative estimate of drug-likeness (QED) is 0.525. The number of nitrogens with zero attached hydrogens (tertiary/aromatic N) is 1. The van der Waals surface area contributed by atoms with Crippen LogP contribution in [0.15, 0.2) is 22.0 Å². The fraction of sp³-hybridized carbons (Fsp3) is 0.438. The highest BCUT2D eigenvalue weighted by Gasteiger charge is 2.25. The van der Waals surface area contributed by atoms with Crippen molar-refractivity contribution < 1.29 is 0 Å². The number of rotatable bonds is 7. The second kappa shape index (κ2) is 6.80. The maximum atomic E-state index is 6.32. The summed E-state index contributed by atoms with van der Waals surface area (Å²) in [6.07, 6.45) is 4.85. The highest BCUT2D eigenvalue weighted by Crippen LogP contribution is 2.42. The number of hydrogen-bond acceptors (Lipinski definition) is 6. The normalized spacial score (nSPS) is 16.1. The van der Waals surface area contributed by atoms with Crippen molar-refractivity contribution in [2.45, 2.75) is 38.3 Å². The minimum absolute atomic E-state index is 0.271. The molecule has 0 radical (unpaired) electrons. The lowest BCUT2D eigenvalue weighted by Crippen LogP contribution is -2.23. The van der Waals surface area contributed by atoms with E-state index in [9.17, 15) is 0 Å². The van der Waals surface area contributed by atoms with Crippen LogP contribution in [0.25, 0.3) is 10.2 Å². The summed E-state index contributed by atoms with van der Waals surface area (Å²) in [5, 5.41) is 6.81. The Kier molecular flexibility index (Phi) is 4.74. The minimum Gasteiger partial charge on any atom is -0.370 e. The van der Waals surface area contributed by atoms with Gasteiger partial charge in [0, 0.05) is 15.8 Å². The number of hydrogen-bond donors (Lipinski definition) is 2. The summed E-state index contributed by atoms with van der Waals surface area (Å²) in [6, 6.07) is 4.51. The first-order chi connectivity index (χ1) is 11.2. The molecule has 0 aromatic carbocycles. The molecule has 7 heteroatoms. The first-order valence-electron chi connectivity index (χ1n) is 7.79. The summed E-state index contributed by atoms with van der Waals surface area (Å²) in [6.45, 7) is 0.862. The molecule has 3 N–H and O–H groups in total. The van der Waals surface area contributed by atoms with Crippen LogP contribution >= 0.6 is 50.1 Å². The van der Waals surface area contributed by atoms with E-state index in [1.165, 1.54) is 32.3 Å². The minimum atomic E-state index is 0.271. The van der Waals surface area contributed by atoms with Gasteiger partial charge in [-0.1, -0.05) is 18.9 Å². The van der Waals surface area contributed by atoms with Crippen molar-refractivity contribution in [2.24, 2.45) is 11.7 Å². The summed E-state index contributed by atoms with van der Waals surface area (Å²) in [4.78, 5) is 2.68. The predicted molar refractivity (Wildman–Crippen MR) is 106 cm³/mol. The lowest BCUT2D eigenvalue weighted by atomic mass is 10.1. The number of thiophene rings is 2. The molecule has 1 aliphatic rings. The maximum Gasteiger partial charge on any atom is 0.127 e. The van der Waals surface area contributed by atoms with Gasteiger partial charge in [-0.15, -0.1) is 22.7 Å². The highest BCUT2D eigenvalue weighted by atomic mass is 79.9. The number of halogens is 1.